The normalized spacial score (nSPS) is 11.0. The predicted molar refractivity (Wildman–Crippen MR) is 98.2 cm³/mol. The van der Waals surface area contributed by atoms with Gasteiger partial charge in [0.2, 0.25) is 5.91 Å². The van der Waals surface area contributed by atoms with Gasteiger partial charge in [0.25, 0.3) is 0 Å². The van der Waals surface area contributed by atoms with Crippen molar-refractivity contribution >= 4 is 28.3 Å². The number of pyridine rings is 1. The highest BCUT2D eigenvalue weighted by Crippen LogP contribution is 2.18. The first kappa shape index (κ1) is 16.1. The van der Waals surface area contributed by atoms with Crippen LogP contribution < -0.4 is 10.6 Å². The summed E-state index contributed by atoms with van der Waals surface area (Å²) < 4.78 is 0. The number of hydrogen-bond donors (Lipinski definition) is 3. The average Bonchev–Trinajstić information content (AvgIpc) is 3.00. The molecule has 0 radical (unpaired) electrons. The number of rotatable bonds is 6. The van der Waals surface area contributed by atoms with E-state index in [-0.39, 0.29) is 11.8 Å². The molecule has 0 bridgehead atoms. The monoisotopic (exact) mass is 322 g/mol. The number of nitrogens with one attached hydrogen (secondary N) is 3. The van der Waals surface area contributed by atoms with Crippen LogP contribution in [0, 0.1) is 5.92 Å². The third kappa shape index (κ3) is 3.74. The lowest BCUT2D eigenvalue weighted by atomic mass is 10.1. The molecule has 0 saturated carbocycles. The highest BCUT2D eigenvalue weighted by molar-refractivity contribution is 5.91. The first-order chi connectivity index (χ1) is 11.6. The molecule has 0 aliphatic heterocycles. The molecule has 0 unspecified atom stereocenters. The van der Waals surface area contributed by atoms with E-state index in [2.05, 4.69) is 45.0 Å². The quantitative estimate of drug-likeness (QED) is 0.646. The number of aromatic nitrogens is 2. The molecule has 24 heavy (non-hydrogen) atoms. The van der Waals surface area contributed by atoms with E-state index in [0.29, 0.717) is 5.82 Å². The van der Waals surface area contributed by atoms with Crippen LogP contribution in [0.2, 0.25) is 0 Å². The second-order valence-corrected chi connectivity index (χ2v) is 6.11. The first-order valence-corrected chi connectivity index (χ1v) is 8.19. The van der Waals surface area contributed by atoms with Gasteiger partial charge in [-0.05, 0) is 30.2 Å². The Labute approximate surface area is 141 Å². The number of carbonyl (C=O) groups excluding carboxylic acids is 1. The van der Waals surface area contributed by atoms with Crippen molar-refractivity contribution in [2.45, 2.75) is 20.3 Å². The SMILES string of the molecule is CC(C)C(=O)Nc1ccc(NCCc2c[nH]c3ccccc23)cn1. The van der Waals surface area contributed by atoms with E-state index in [1.54, 1.807) is 6.20 Å². The molecule has 0 aliphatic rings. The Morgan fingerprint density at radius 3 is 2.79 bits per heavy atom. The minimum absolute atomic E-state index is 0.0254. The molecular weight excluding hydrogens is 300 g/mol. The Morgan fingerprint density at radius 1 is 1.21 bits per heavy atom. The van der Waals surface area contributed by atoms with Gasteiger partial charge in [-0.15, -0.1) is 0 Å². The number of benzene rings is 1. The molecule has 0 saturated heterocycles. The Hall–Kier alpha value is -2.82. The van der Waals surface area contributed by atoms with E-state index in [4.69, 9.17) is 0 Å². The average molecular weight is 322 g/mol. The maximum absolute atomic E-state index is 11.6. The molecule has 1 amide bonds. The zero-order valence-corrected chi connectivity index (χ0v) is 14.0. The summed E-state index contributed by atoms with van der Waals surface area (Å²) in [7, 11) is 0. The van der Waals surface area contributed by atoms with Crippen LogP contribution in [0.15, 0.2) is 48.8 Å². The molecule has 2 heterocycles. The number of carbonyl (C=O) groups is 1. The molecule has 0 spiro atoms. The van der Waals surface area contributed by atoms with Crippen molar-refractivity contribution < 1.29 is 4.79 Å². The maximum atomic E-state index is 11.6. The van der Waals surface area contributed by atoms with Gasteiger partial charge >= 0.3 is 0 Å². The van der Waals surface area contributed by atoms with Crippen LogP contribution in [0.5, 0.6) is 0 Å². The lowest BCUT2D eigenvalue weighted by Gasteiger charge is -2.09. The van der Waals surface area contributed by atoms with Crippen LogP contribution in [0.3, 0.4) is 0 Å². The minimum atomic E-state index is -0.0548. The van der Waals surface area contributed by atoms with Crippen molar-refractivity contribution in [2.75, 3.05) is 17.2 Å². The highest BCUT2D eigenvalue weighted by Gasteiger charge is 2.07. The molecular formula is C19H22N4O. The van der Waals surface area contributed by atoms with Gasteiger partial charge < -0.3 is 15.6 Å². The number of anilines is 2. The molecule has 124 valence electrons. The molecule has 0 atom stereocenters. The highest BCUT2D eigenvalue weighted by atomic mass is 16.1. The topological polar surface area (TPSA) is 69.8 Å². The van der Waals surface area contributed by atoms with Crippen LogP contribution in [0.25, 0.3) is 10.9 Å². The molecule has 3 N–H and O–H groups in total. The van der Waals surface area contributed by atoms with E-state index in [9.17, 15) is 4.79 Å². The van der Waals surface area contributed by atoms with Gasteiger partial charge in [-0.25, -0.2) is 4.98 Å². The fourth-order valence-electron chi connectivity index (χ4n) is 2.52. The molecule has 0 aliphatic carbocycles. The van der Waals surface area contributed by atoms with Gasteiger partial charge in [-0.3, -0.25) is 4.79 Å². The zero-order valence-electron chi connectivity index (χ0n) is 14.0. The maximum Gasteiger partial charge on any atom is 0.228 e. The van der Waals surface area contributed by atoms with E-state index >= 15 is 0 Å². The van der Waals surface area contributed by atoms with Crippen molar-refractivity contribution in [3.8, 4) is 0 Å². The summed E-state index contributed by atoms with van der Waals surface area (Å²) in [5, 5.41) is 7.41. The van der Waals surface area contributed by atoms with Crippen LogP contribution >= 0.6 is 0 Å². The molecule has 3 aromatic rings. The standard InChI is InChI=1S/C19H22N4O/c1-13(2)19(24)23-18-8-7-15(12-22-18)20-10-9-14-11-21-17-6-4-3-5-16(14)17/h3-8,11-13,20-21H,9-10H2,1-2H3,(H,22,23,24). The Kier molecular flexibility index (Phi) is 4.79. The van der Waals surface area contributed by atoms with Gasteiger partial charge in [-0.1, -0.05) is 32.0 Å². The summed E-state index contributed by atoms with van der Waals surface area (Å²) >= 11 is 0. The molecule has 3 rings (SSSR count). The Bertz CT molecular complexity index is 821. The zero-order chi connectivity index (χ0) is 16.9. The second kappa shape index (κ2) is 7.17. The van der Waals surface area contributed by atoms with Gasteiger partial charge in [0.05, 0.1) is 11.9 Å². The van der Waals surface area contributed by atoms with Crippen LogP contribution in [-0.2, 0) is 11.2 Å². The summed E-state index contributed by atoms with van der Waals surface area (Å²) in [4.78, 5) is 19.2. The molecule has 5 heteroatoms. The van der Waals surface area contributed by atoms with Gasteiger partial charge in [0, 0.05) is 29.6 Å². The number of para-hydroxylation sites is 1. The third-order valence-corrected chi connectivity index (χ3v) is 3.94. The fourth-order valence-corrected chi connectivity index (χ4v) is 2.52. The largest absolute Gasteiger partial charge is 0.383 e. The number of nitrogens with zero attached hydrogens (tertiary/aromatic N) is 1. The summed E-state index contributed by atoms with van der Waals surface area (Å²) in [6.45, 7) is 4.53. The van der Waals surface area contributed by atoms with E-state index in [1.165, 1.54) is 16.5 Å². The number of aromatic amines is 1. The third-order valence-electron chi connectivity index (χ3n) is 3.94. The number of fused-ring (bicyclic) bond motifs is 1. The van der Waals surface area contributed by atoms with Crippen LogP contribution in [0.1, 0.15) is 19.4 Å². The second-order valence-electron chi connectivity index (χ2n) is 6.11. The number of hydrogen-bond acceptors (Lipinski definition) is 3. The van der Waals surface area contributed by atoms with Crippen molar-refractivity contribution in [1.82, 2.24) is 9.97 Å². The number of H-pyrrole nitrogens is 1. The predicted octanol–water partition coefficient (Wildman–Crippen LogP) is 3.81. The van der Waals surface area contributed by atoms with Crippen molar-refractivity contribution in [1.29, 1.82) is 0 Å². The van der Waals surface area contributed by atoms with Crippen molar-refractivity contribution in [2.24, 2.45) is 5.92 Å². The molecule has 5 nitrogen and oxygen atoms in total. The van der Waals surface area contributed by atoms with Crippen molar-refractivity contribution in [3.63, 3.8) is 0 Å². The van der Waals surface area contributed by atoms with Crippen molar-refractivity contribution in [3.05, 3.63) is 54.4 Å². The van der Waals surface area contributed by atoms with Crippen LogP contribution in [-0.4, -0.2) is 22.4 Å². The molecule has 2 aromatic heterocycles. The summed E-state index contributed by atoms with van der Waals surface area (Å²) in [6, 6.07) is 12.1. The molecule has 0 fully saturated rings. The van der Waals surface area contributed by atoms with Crippen LogP contribution in [0.4, 0.5) is 11.5 Å². The first-order valence-electron chi connectivity index (χ1n) is 8.19. The van der Waals surface area contributed by atoms with E-state index in [1.807, 2.05) is 32.0 Å². The van der Waals surface area contributed by atoms with E-state index < -0.39 is 0 Å². The van der Waals surface area contributed by atoms with Gasteiger partial charge in [-0.2, -0.15) is 0 Å². The minimum Gasteiger partial charge on any atom is -0.383 e. The molecule has 1 aromatic carbocycles. The summed E-state index contributed by atoms with van der Waals surface area (Å²) in [6.07, 6.45) is 4.73. The van der Waals surface area contributed by atoms with Gasteiger partial charge in [0.1, 0.15) is 5.82 Å². The lowest BCUT2D eigenvalue weighted by molar-refractivity contribution is -0.118. The lowest BCUT2D eigenvalue weighted by Crippen LogP contribution is -2.18. The Balaban J connectivity index is 1.54. The summed E-state index contributed by atoms with van der Waals surface area (Å²) in [5.74, 6) is 0.499. The van der Waals surface area contributed by atoms with Gasteiger partial charge in [0.15, 0.2) is 0 Å². The smallest absolute Gasteiger partial charge is 0.228 e. The van der Waals surface area contributed by atoms with E-state index in [0.717, 1.165) is 18.7 Å². The Morgan fingerprint density at radius 2 is 2.04 bits per heavy atom. The number of amides is 1. The summed E-state index contributed by atoms with van der Waals surface area (Å²) in [5.41, 5.74) is 3.41. The fraction of sp³-hybridized carbons (Fsp3) is 0.263.